The quantitative estimate of drug-likeness (QED) is 0.185. The van der Waals surface area contributed by atoms with Crippen LogP contribution in [0.25, 0.3) is 0 Å². The summed E-state index contributed by atoms with van der Waals surface area (Å²) in [5.41, 5.74) is 0.448. The lowest BCUT2D eigenvalue weighted by Gasteiger charge is -2.02. The van der Waals surface area contributed by atoms with E-state index in [4.69, 9.17) is 4.74 Å². The smallest absolute Gasteiger partial charge is 0.333 e. The van der Waals surface area contributed by atoms with Crippen LogP contribution in [0.5, 0.6) is 0 Å². The second kappa shape index (κ2) is 16.1. The fraction of sp³-hybridized carbons (Fsp3) is 0.714. The highest BCUT2D eigenvalue weighted by atomic mass is 79.9. The average molecular weight is 429 g/mol. The molecule has 1 aromatic rings. The molecule has 0 fully saturated rings. The van der Waals surface area contributed by atoms with Gasteiger partial charge in [-0.2, -0.15) is 0 Å². The van der Waals surface area contributed by atoms with Gasteiger partial charge in [0.2, 0.25) is 6.33 Å². The third kappa shape index (κ3) is 12.3. The van der Waals surface area contributed by atoms with E-state index in [1.807, 2.05) is 6.20 Å². The molecule has 1 aromatic heterocycles. The maximum Gasteiger partial charge on any atom is 0.333 e. The first kappa shape index (κ1) is 24.9. The van der Waals surface area contributed by atoms with Gasteiger partial charge in [-0.15, -0.1) is 0 Å². The van der Waals surface area contributed by atoms with E-state index in [1.54, 1.807) is 6.92 Å². The van der Waals surface area contributed by atoms with Gasteiger partial charge in [-0.1, -0.05) is 64.9 Å². The van der Waals surface area contributed by atoms with E-state index in [0.717, 1.165) is 6.54 Å². The van der Waals surface area contributed by atoms with Crippen LogP contribution in [0.3, 0.4) is 0 Å². The zero-order chi connectivity index (χ0) is 18.3. The molecule has 0 bridgehead atoms. The van der Waals surface area contributed by atoms with Gasteiger partial charge in [-0.25, -0.2) is 13.9 Å². The molecule has 150 valence electrons. The zero-order valence-corrected chi connectivity index (χ0v) is 18.3. The standard InChI is InChI=1S/C21H37N2O2.BrH/c1-4-5-6-7-8-9-10-11-12-13-14-22-15-16-23(19-22)17-18-25-21(24)20(2)3;/h15-16,19H,2,4-14,17-18H2,1,3H3;1H/q+1;/p-1. The molecule has 26 heavy (non-hydrogen) atoms. The van der Waals surface area contributed by atoms with Gasteiger partial charge in [-0.05, 0) is 19.8 Å². The molecule has 0 amide bonds. The first-order chi connectivity index (χ1) is 12.1. The van der Waals surface area contributed by atoms with Crippen molar-refractivity contribution in [3.63, 3.8) is 0 Å². The number of hydrogen-bond acceptors (Lipinski definition) is 2. The Morgan fingerprint density at radius 3 is 2.19 bits per heavy atom. The van der Waals surface area contributed by atoms with Crippen molar-refractivity contribution in [2.75, 3.05) is 6.61 Å². The van der Waals surface area contributed by atoms with Gasteiger partial charge in [0.15, 0.2) is 0 Å². The molecule has 0 spiro atoms. The van der Waals surface area contributed by atoms with Gasteiger partial charge < -0.3 is 21.7 Å². The molecule has 1 rings (SSSR count). The summed E-state index contributed by atoms with van der Waals surface area (Å²) in [6, 6.07) is 0. The summed E-state index contributed by atoms with van der Waals surface area (Å²) in [4.78, 5) is 11.3. The van der Waals surface area contributed by atoms with Crippen molar-refractivity contribution in [3.05, 3.63) is 30.9 Å². The number of ether oxygens (including phenoxy) is 1. The molecule has 0 aliphatic heterocycles. The Hall–Kier alpha value is -1.10. The van der Waals surface area contributed by atoms with Crippen molar-refractivity contribution in [2.45, 2.75) is 91.1 Å². The van der Waals surface area contributed by atoms with Gasteiger partial charge >= 0.3 is 5.97 Å². The lowest BCUT2D eigenvalue weighted by Crippen LogP contribution is -3.00. The van der Waals surface area contributed by atoms with Gasteiger partial charge in [0, 0.05) is 5.57 Å². The molecule has 0 atom stereocenters. The molecular formula is C21H37BrN2O2. The van der Waals surface area contributed by atoms with E-state index in [9.17, 15) is 4.79 Å². The molecule has 1 heterocycles. The number of rotatable bonds is 15. The highest BCUT2D eigenvalue weighted by Crippen LogP contribution is 2.10. The maximum absolute atomic E-state index is 11.3. The third-order valence-electron chi connectivity index (χ3n) is 4.45. The molecule has 4 nitrogen and oxygen atoms in total. The number of carbonyl (C=O) groups is 1. The monoisotopic (exact) mass is 428 g/mol. The second-order valence-corrected chi connectivity index (χ2v) is 6.99. The Morgan fingerprint density at radius 1 is 1.04 bits per heavy atom. The molecule has 0 aromatic carbocycles. The van der Waals surface area contributed by atoms with Crippen LogP contribution in [0, 0.1) is 0 Å². The minimum absolute atomic E-state index is 0. The predicted octanol–water partition coefficient (Wildman–Crippen LogP) is 1.82. The Kier molecular flexibility index (Phi) is 15.4. The Balaban J connectivity index is 0.00000625. The Morgan fingerprint density at radius 2 is 1.62 bits per heavy atom. The first-order valence-electron chi connectivity index (χ1n) is 10.0. The normalized spacial score (nSPS) is 10.4. The molecule has 5 heteroatoms. The van der Waals surface area contributed by atoms with Crippen molar-refractivity contribution in [2.24, 2.45) is 0 Å². The predicted molar refractivity (Wildman–Crippen MR) is 102 cm³/mol. The fourth-order valence-electron chi connectivity index (χ4n) is 2.85. The molecule has 0 N–H and O–H groups in total. The fourth-order valence-corrected chi connectivity index (χ4v) is 2.85. The van der Waals surface area contributed by atoms with E-state index in [0.29, 0.717) is 18.7 Å². The van der Waals surface area contributed by atoms with Crippen LogP contribution in [0.2, 0.25) is 0 Å². The number of unbranched alkanes of at least 4 members (excludes halogenated alkanes) is 9. The molecular weight excluding hydrogens is 392 g/mol. The number of nitrogens with zero attached hydrogens (tertiary/aromatic N) is 2. The van der Waals surface area contributed by atoms with E-state index < -0.39 is 0 Å². The number of hydrogen-bond donors (Lipinski definition) is 0. The van der Waals surface area contributed by atoms with Crippen LogP contribution in [-0.2, 0) is 22.6 Å². The summed E-state index contributed by atoms with van der Waals surface area (Å²) >= 11 is 0. The summed E-state index contributed by atoms with van der Waals surface area (Å²) in [6.07, 6.45) is 19.9. The summed E-state index contributed by atoms with van der Waals surface area (Å²) < 4.78 is 9.39. The summed E-state index contributed by atoms with van der Waals surface area (Å²) in [5.74, 6) is -0.314. The molecule has 0 radical (unpaired) electrons. The Bertz CT molecular complexity index is 500. The van der Waals surface area contributed by atoms with Crippen LogP contribution < -0.4 is 21.5 Å². The summed E-state index contributed by atoms with van der Waals surface area (Å²) in [7, 11) is 0. The molecule has 0 aliphatic carbocycles. The molecule has 0 unspecified atom stereocenters. The van der Waals surface area contributed by atoms with Crippen molar-refractivity contribution in [3.8, 4) is 0 Å². The topological polar surface area (TPSA) is 35.1 Å². The van der Waals surface area contributed by atoms with Crippen LogP contribution in [-0.4, -0.2) is 17.1 Å². The van der Waals surface area contributed by atoms with Crippen LogP contribution >= 0.6 is 0 Å². The van der Waals surface area contributed by atoms with E-state index >= 15 is 0 Å². The largest absolute Gasteiger partial charge is 1.00 e. The van der Waals surface area contributed by atoms with Crippen LogP contribution in [0.1, 0.15) is 78.1 Å². The molecule has 0 aliphatic rings. The lowest BCUT2D eigenvalue weighted by molar-refractivity contribution is -0.696. The van der Waals surface area contributed by atoms with Crippen molar-refractivity contribution >= 4 is 5.97 Å². The SMILES string of the molecule is C=C(C)C(=O)OCCn1cc[n+](CCCCCCCCCCCC)c1.[Br-]. The van der Waals surface area contributed by atoms with Crippen molar-refractivity contribution in [1.29, 1.82) is 0 Å². The number of aromatic nitrogens is 2. The average Bonchev–Trinajstić information content (AvgIpc) is 3.04. The van der Waals surface area contributed by atoms with E-state index in [2.05, 4.69) is 35.2 Å². The van der Waals surface area contributed by atoms with Gasteiger partial charge in [-0.3, -0.25) is 0 Å². The van der Waals surface area contributed by atoms with Crippen molar-refractivity contribution in [1.82, 2.24) is 4.57 Å². The minimum atomic E-state index is -0.314. The number of aryl methyl sites for hydroxylation is 1. The first-order valence-corrected chi connectivity index (χ1v) is 10.0. The third-order valence-corrected chi connectivity index (χ3v) is 4.45. The highest BCUT2D eigenvalue weighted by molar-refractivity contribution is 5.86. The maximum atomic E-state index is 11.3. The molecule has 0 saturated carbocycles. The van der Waals surface area contributed by atoms with Gasteiger partial charge in [0.1, 0.15) is 25.5 Å². The van der Waals surface area contributed by atoms with E-state index in [1.165, 1.54) is 64.2 Å². The summed E-state index contributed by atoms with van der Waals surface area (Å²) in [5, 5.41) is 0. The number of imidazole rings is 1. The van der Waals surface area contributed by atoms with E-state index in [-0.39, 0.29) is 23.0 Å². The summed E-state index contributed by atoms with van der Waals surface area (Å²) in [6.45, 7) is 9.65. The van der Waals surface area contributed by atoms with Crippen LogP contribution in [0.4, 0.5) is 0 Å². The highest BCUT2D eigenvalue weighted by Gasteiger charge is 2.06. The molecule has 0 saturated heterocycles. The lowest BCUT2D eigenvalue weighted by atomic mass is 10.1. The van der Waals surface area contributed by atoms with Gasteiger partial charge in [0.25, 0.3) is 0 Å². The van der Waals surface area contributed by atoms with Crippen LogP contribution in [0.15, 0.2) is 30.9 Å². The number of carbonyl (C=O) groups excluding carboxylic acids is 1. The number of halogens is 1. The minimum Gasteiger partial charge on any atom is -1.00 e. The second-order valence-electron chi connectivity index (χ2n) is 6.99. The number of esters is 1. The Labute approximate surface area is 170 Å². The van der Waals surface area contributed by atoms with Gasteiger partial charge in [0.05, 0.1) is 6.54 Å². The zero-order valence-electron chi connectivity index (χ0n) is 16.7. The van der Waals surface area contributed by atoms with Crippen molar-refractivity contribution < 1.29 is 31.1 Å².